The monoisotopic (exact) mass is 402 g/mol. The molecule has 1 aliphatic rings. The van der Waals surface area contributed by atoms with Crippen LogP contribution in [-0.4, -0.2) is 38.7 Å². The van der Waals surface area contributed by atoms with E-state index >= 15 is 0 Å². The summed E-state index contributed by atoms with van der Waals surface area (Å²) in [6.45, 7) is 4.99. The molecule has 3 rings (SSSR count). The second kappa shape index (κ2) is 10.2. The number of anilines is 1. The number of rotatable bonds is 7. The third-order valence-corrected chi connectivity index (χ3v) is 4.88. The fourth-order valence-corrected chi connectivity index (χ4v) is 3.46. The van der Waals surface area contributed by atoms with Crippen LogP contribution in [0.2, 0.25) is 0 Å². The number of hydrogen-bond acceptors (Lipinski definition) is 3. The third-order valence-electron chi connectivity index (χ3n) is 4.88. The molecular weight excluding hydrogens is 374 g/mol. The fourth-order valence-electron chi connectivity index (χ4n) is 3.46. The largest absolute Gasteiger partial charge is 0.380 e. The summed E-state index contributed by atoms with van der Waals surface area (Å²) in [5.74, 6) is -0.347. The van der Waals surface area contributed by atoms with Crippen LogP contribution in [0.5, 0.6) is 0 Å². The molecule has 29 heavy (non-hydrogen) atoms. The van der Waals surface area contributed by atoms with Crippen molar-refractivity contribution in [1.29, 1.82) is 0 Å². The van der Waals surface area contributed by atoms with E-state index in [0.29, 0.717) is 32.2 Å². The number of nitrogens with one attached hydrogen (secondary N) is 2. The average Bonchev–Trinajstić information content (AvgIpc) is 3.15. The Hall–Kier alpha value is -2.67. The molecule has 7 heteroatoms. The zero-order valence-corrected chi connectivity index (χ0v) is 16.9. The first-order chi connectivity index (χ1) is 14.1. The second-order valence-electron chi connectivity index (χ2n) is 7.09. The highest BCUT2D eigenvalue weighted by molar-refractivity contribution is 5.80. The van der Waals surface area contributed by atoms with Gasteiger partial charge in [-0.2, -0.15) is 0 Å². The van der Waals surface area contributed by atoms with Gasteiger partial charge in [-0.25, -0.2) is 13.8 Å². The predicted molar refractivity (Wildman–Crippen MR) is 112 cm³/mol. The zero-order chi connectivity index (χ0) is 20.6. The van der Waals surface area contributed by atoms with Crippen molar-refractivity contribution in [1.82, 2.24) is 10.6 Å². The number of nitrogens with zero attached hydrogens (tertiary/aromatic N) is 2. The van der Waals surface area contributed by atoms with E-state index in [0.717, 1.165) is 24.1 Å². The first kappa shape index (κ1) is 21.0. The third kappa shape index (κ3) is 5.67. The molecule has 156 valence electrons. The van der Waals surface area contributed by atoms with E-state index in [-0.39, 0.29) is 11.7 Å². The van der Waals surface area contributed by atoms with Crippen molar-refractivity contribution in [2.45, 2.75) is 32.5 Å². The van der Waals surface area contributed by atoms with Crippen LogP contribution in [0.15, 0.2) is 47.5 Å². The predicted octanol–water partition coefficient (Wildman–Crippen LogP) is 3.45. The molecule has 0 spiro atoms. The normalized spacial score (nSPS) is 16.9. The highest BCUT2D eigenvalue weighted by Crippen LogP contribution is 2.26. The molecule has 5 nitrogen and oxygen atoms in total. The van der Waals surface area contributed by atoms with E-state index in [2.05, 4.69) is 15.6 Å². The van der Waals surface area contributed by atoms with Gasteiger partial charge in [0.15, 0.2) is 5.96 Å². The summed E-state index contributed by atoms with van der Waals surface area (Å²) in [5, 5.41) is 6.63. The number of halogens is 2. The summed E-state index contributed by atoms with van der Waals surface area (Å²) in [6.07, 6.45) is 0.782. The molecule has 0 bridgehead atoms. The minimum atomic E-state index is -0.525. The van der Waals surface area contributed by atoms with E-state index in [4.69, 9.17) is 4.74 Å². The summed E-state index contributed by atoms with van der Waals surface area (Å²) in [7, 11) is 1.68. The molecule has 0 aromatic heterocycles. The average molecular weight is 402 g/mol. The fraction of sp³-hybridized carbons (Fsp3) is 0.409. The minimum absolute atomic E-state index is 0.0508. The van der Waals surface area contributed by atoms with Crippen molar-refractivity contribution in [3.8, 4) is 0 Å². The van der Waals surface area contributed by atoms with Crippen molar-refractivity contribution in [2.75, 3.05) is 31.6 Å². The Morgan fingerprint density at radius 3 is 2.48 bits per heavy atom. The quantitative estimate of drug-likeness (QED) is 0.550. The first-order valence-electron chi connectivity index (χ1n) is 9.91. The van der Waals surface area contributed by atoms with Crippen molar-refractivity contribution in [3.05, 3.63) is 65.2 Å². The van der Waals surface area contributed by atoms with Crippen molar-refractivity contribution in [3.63, 3.8) is 0 Å². The molecule has 1 saturated heterocycles. The standard InChI is InChI=1S/C22H28F2N4O/c1-3-25-22(26-13-16-7-9-17(10-8-16)15-29-2)27-18-11-12-28(14-18)21-19(23)5-4-6-20(21)24/h4-10,18H,3,11-15H2,1-2H3,(H2,25,26,27). The minimum Gasteiger partial charge on any atom is -0.380 e. The van der Waals surface area contributed by atoms with Crippen LogP contribution in [0, 0.1) is 11.6 Å². The Kier molecular flexibility index (Phi) is 7.41. The first-order valence-corrected chi connectivity index (χ1v) is 9.91. The van der Waals surface area contributed by atoms with Gasteiger partial charge in [-0.1, -0.05) is 30.3 Å². The molecule has 0 aliphatic carbocycles. The number of benzene rings is 2. The van der Waals surface area contributed by atoms with Gasteiger partial charge in [0.25, 0.3) is 0 Å². The maximum absolute atomic E-state index is 14.1. The van der Waals surface area contributed by atoms with Crippen LogP contribution in [0.25, 0.3) is 0 Å². The molecule has 1 atom stereocenters. The van der Waals surface area contributed by atoms with Crippen LogP contribution >= 0.6 is 0 Å². The summed E-state index contributed by atoms with van der Waals surface area (Å²) in [6, 6.07) is 12.2. The topological polar surface area (TPSA) is 48.9 Å². The Morgan fingerprint density at radius 2 is 1.83 bits per heavy atom. The lowest BCUT2D eigenvalue weighted by Gasteiger charge is -2.21. The van der Waals surface area contributed by atoms with Gasteiger partial charge in [0, 0.05) is 32.8 Å². The molecule has 0 amide bonds. The number of hydrogen-bond donors (Lipinski definition) is 2. The smallest absolute Gasteiger partial charge is 0.191 e. The molecule has 1 aliphatic heterocycles. The van der Waals surface area contributed by atoms with Crippen LogP contribution in [0.3, 0.4) is 0 Å². The zero-order valence-electron chi connectivity index (χ0n) is 16.9. The van der Waals surface area contributed by atoms with Gasteiger partial charge in [0.1, 0.15) is 17.3 Å². The maximum Gasteiger partial charge on any atom is 0.191 e. The van der Waals surface area contributed by atoms with E-state index < -0.39 is 11.6 Å². The number of methoxy groups -OCH3 is 1. The Balaban J connectivity index is 1.61. The van der Waals surface area contributed by atoms with Gasteiger partial charge in [-0.3, -0.25) is 0 Å². The van der Waals surface area contributed by atoms with Crippen LogP contribution in [0.1, 0.15) is 24.5 Å². The molecule has 2 N–H and O–H groups in total. The van der Waals surface area contributed by atoms with Gasteiger partial charge in [-0.05, 0) is 36.6 Å². The summed E-state index contributed by atoms with van der Waals surface area (Å²) >= 11 is 0. The van der Waals surface area contributed by atoms with Crippen molar-refractivity contribution >= 4 is 11.6 Å². The highest BCUT2D eigenvalue weighted by Gasteiger charge is 2.27. The van der Waals surface area contributed by atoms with Gasteiger partial charge in [0.2, 0.25) is 0 Å². The van der Waals surface area contributed by atoms with E-state index in [1.165, 1.54) is 18.2 Å². The Morgan fingerprint density at radius 1 is 1.14 bits per heavy atom. The summed E-state index contributed by atoms with van der Waals surface area (Å²) in [4.78, 5) is 6.40. The van der Waals surface area contributed by atoms with E-state index in [1.807, 2.05) is 31.2 Å². The van der Waals surface area contributed by atoms with Crippen LogP contribution in [0.4, 0.5) is 14.5 Å². The Labute approximate surface area is 170 Å². The lowest BCUT2D eigenvalue weighted by Crippen LogP contribution is -2.44. The van der Waals surface area contributed by atoms with Crippen molar-refractivity contribution in [2.24, 2.45) is 4.99 Å². The molecule has 2 aromatic rings. The van der Waals surface area contributed by atoms with Crippen LogP contribution < -0.4 is 15.5 Å². The highest BCUT2D eigenvalue weighted by atomic mass is 19.1. The van der Waals surface area contributed by atoms with Gasteiger partial charge in [-0.15, -0.1) is 0 Å². The second-order valence-corrected chi connectivity index (χ2v) is 7.09. The van der Waals surface area contributed by atoms with Crippen LogP contribution in [-0.2, 0) is 17.9 Å². The van der Waals surface area contributed by atoms with Gasteiger partial charge in [0.05, 0.1) is 13.2 Å². The summed E-state index contributed by atoms with van der Waals surface area (Å²) < 4.78 is 33.2. The lowest BCUT2D eigenvalue weighted by molar-refractivity contribution is 0.185. The number of aliphatic imine (C=N–C) groups is 1. The number of ether oxygens (including phenoxy) is 1. The maximum atomic E-state index is 14.1. The van der Waals surface area contributed by atoms with E-state index in [1.54, 1.807) is 12.0 Å². The number of para-hydroxylation sites is 1. The number of guanidine groups is 1. The molecular formula is C22H28F2N4O. The Bertz CT molecular complexity index is 806. The van der Waals surface area contributed by atoms with Gasteiger partial charge >= 0.3 is 0 Å². The molecule has 0 radical (unpaired) electrons. The lowest BCUT2D eigenvalue weighted by atomic mass is 10.1. The molecule has 1 heterocycles. The molecule has 1 unspecified atom stereocenters. The van der Waals surface area contributed by atoms with Gasteiger partial charge < -0.3 is 20.3 Å². The summed E-state index contributed by atoms with van der Waals surface area (Å²) in [5.41, 5.74) is 2.27. The molecule has 1 fully saturated rings. The molecule has 2 aromatic carbocycles. The SMILES string of the molecule is CCNC(=NCc1ccc(COC)cc1)NC1CCN(c2c(F)cccc2F)C1. The van der Waals surface area contributed by atoms with E-state index in [9.17, 15) is 8.78 Å². The molecule has 0 saturated carbocycles. The van der Waals surface area contributed by atoms with Crippen molar-refractivity contribution < 1.29 is 13.5 Å².